The Labute approximate surface area is 99.4 Å². The van der Waals surface area contributed by atoms with Gasteiger partial charge >= 0.3 is 0 Å². The third kappa shape index (κ3) is 2.73. The maximum Gasteiger partial charge on any atom is 0.287 e. The maximum atomic E-state index is 11.8. The van der Waals surface area contributed by atoms with Crippen molar-refractivity contribution >= 4 is 5.91 Å². The van der Waals surface area contributed by atoms with Gasteiger partial charge in [0.2, 0.25) is 0 Å². The summed E-state index contributed by atoms with van der Waals surface area (Å²) < 4.78 is 5.02. The third-order valence-corrected chi connectivity index (χ3v) is 2.49. The summed E-state index contributed by atoms with van der Waals surface area (Å²) in [6, 6.07) is 12.7. The number of amides is 1. The van der Waals surface area contributed by atoms with Crippen LogP contribution in [0, 0.1) is 0 Å². The van der Waals surface area contributed by atoms with E-state index in [-0.39, 0.29) is 11.9 Å². The van der Waals surface area contributed by atoms with E-state index in [4.69, 9.17) is 10.2 Å². The molecule has 2 aromatic rings. The van der Waals surface area contributed by atoms with Crippen molar-refractivity contribution in [1.29, 1.82) is 0 Å². The number of benzene rings is 1. The monoisotopic (exact) mass is 230 g/mol. The molecule has 4 nitrogen and oxygen atoms in total. The molecule has 0 spiro atoms. The fourth-order valence-corrected chi connectivity index (χ4v) is 1.60. The minimum absolute atomic E-state index is 0.200. The molecule has 1 heterocycles. The minimum atomic E-state index is -0.255. The van der Waals surface area contributed by atoms with Gasteiger partial charge in [-0.25, -0.2) is 0 Å². The van der Waals surface area contributed by atoms with Gasteiger partial charge in [0.05, 0.1) is 12.3 Å². The molecule has 0 aliphatic rings. The van der Waals surface area contributed by atoms with E-state index in [2.05, 4.69) is 5.32 Å². The Bertz CT molecular complexity index is 465. The predicted octanol–water partition coefficient (Wildman–Crippen LogP) is 1.71. The van der Waals surface area contributed by atoms with Crippen molar-refractivity contribution in [3.8, 4) is 0 Å². The summed E-state index contributed by atoms with van der Waals surface area (Å²) in [7, 11) is 0. The van der Waals surface area contributed by atoms with Crippen molar-refractivity contribution < 1.29 is 9.21 Å². The highest BCUT2D eigenvalue weighted by Gasteiger charge is 2.15. The van der Waals surface area contributed by atoms with Gasteiger partial charge in [-0.3, -0.25) is 4.79 Å². The van der Waals surface area contributed by atoms with E-state index in [9.17, 15) is 4.79 Å². The lowest BCUT2D eigenvalue weighted by molar-refractivity contribution is 0.0910. The number of nitrogens with one attached hydrogen (secondary N) is 1. The van der Waals surface area contributed by atoms with Crippen molar-refractivity contribution in [3.63, 3.8) is 0 Å². The lowest BCUT2D eigenvalue weighted by Crippen LogP contribution is -2.33. The molecule has 1 unspecified atom stereocenters. The molecule has 0 aliphatic carbocycles. The largest absolute Gasteiger partial charge is 0.459 e. The van der Waals surface area contributed by atoms with Gasteiger partial charge in [0.25, 0.3) is 5.91 Å². The Balaban J connectivity index is 2.09. The van der Waals surface area contributed by atoms with Crippen LogP contribution in [0.3, 0.4) is 0 Å². The fourth-order valence-electron chi connectivity index (χ4n) is 1.60. The average Bonchev–Trinajstić information content (AvgIpc) is 2.90. The molecule has 1 aromatic heterocycles. The van der Waals surface area contributed by atoms with Crippen LogP contribution in [0.2, 0.25) is 0 Å². The Kier molecular flexibility index (Phi) is 3.57. The third-order valence-electron chi connectivity index (χ3n) is 2.49. The molecule has 4 heteroatoms. The average molecular weight is 230 g/mol. The Morgan fingerprint density at radius 3 is 2.59 bits per heavy atom. The Hall–Kier alpha value is -2.07. The normalized spacial score (nSPS) is 12.1. The summed E-state index contributed by atoms with van der Waals surface area (Å²) in [5.41, 5.74) is 6.64. The standard InChI is InChI=1S/C13H14N2O2/c14-9-11(10-5-2-1-3-6-10)15-13(16)12-7-4-8-17-12/h1-8,11H,9,14H2,(H,15,16). The number of hydrogen-bond acceptors (Lipinski definition) is 3. The van der Waals surface area contributed by atoms with Crippen LogP contribution < -0.4 is 11.1 Å². The first-order valence-corrected chi connectivity index (χ1v) is 5.40. The molecule has 3 N–H and O–H groups in total. The van der Waals surface area contributed by atoms with Gasteiger partial charge in [-0.05, 0) is 17.7 Å². The number of carbonyl (C=O) groups is 1. The SMILES string of the molecule is NCC(NC(=O)c1ccco1)c1ccccc1. The van der Waals surface area contributed by atoms with Crippen molar-refractivity contribution in [2.45, 2.75) is 6.04 Å². The van der Waals surface area contributed by atoms with Crippen LogP contribution in [0.5, 0.6) is 0 Å². The van der Waals surface area contributed by atoms with E-state index >= 15 is 0 Å². The molecule has 17 heavy (non-hydrogen) atoms. The molecule has 0 bridgehead atoms. The number of rotatable bonds is 4. The minimum Gasteiger partial charge on any atom is -0.459 e. The molecule has 0 aliphatic heterocycles. The van der Waals surface area contributed by atoms with E-state index in [1.807, 2.05) is 30.3 Å². The van der Waals surface area contributed by atoms with E-state index < -0.39 is 0 Å². The molecular weight excluding hydrogens is 216 g/mol. The molecule has 2 rings (SSSR count). The second-order valence-electron chi connectivity index (χ2n) is 3.65. The highest BCUT2D eigenvalue weighted by molar-refractivity contribution is 5.91. The first-order valence-electron chi connectivity index (χ1n) is 5.40. The molecule has 0 saturated heterocycles. The first kappa shape index (κ1) is 11.4. The smallest absolute Gasteiger partial charge is 0.287 e. The molecule has 1 aromatic carbocycles. The van der Waals surface area contributed by atoms with E-state index in [0.29, 0.717) is 12.3 Å². The van der Waals surface area contributed by atoms with Crippen molar-refractivity contribution in [2.24, 2.45) is 5.73 Å². The van der Waals surface area contributed by atoms with Crippen LogP contribution in [0.4, 0.5) is 0 Å². The zero-order valence-electron chi connectivity index (χ0n) is 9.30. The molecule has 88 valence electrons. The van der Waals surface area contributed by atoms with Gasteiger partial charge in [-0.15, -0.1) is 0 Å². The Morgan fingerprint density at radius 2 is 2.00 bits per heavy atom. The van der Waals surface area contributed by atoms with Gasteiger partial charge in [-0.2, -0.15) is 0 Å². The van der Waals surface area contributed by atoms with E-state index in [0.717, 1.165) is 5.56 Å². The topological polar surface area (TPSA) is 68.3 Å². The van der Waals surface area contributed by atoms with Crippen LogP contribution in [0.25, 0.3) is 0 Å². The highest BCUT2D eigenvalue weighted by atomic mass is 16.3. The van der Waals surface area contributed by atoms with Gasteiger partial charge in [0, 0.05) is 6.54 Å². The van der Waals surface area contributed by atoms with Crippen LogP contribution in [0.1, 0.15) is 22.2 Å². The number of furan rings is 1. The predicted molar refractivity (Wildman–Crippen MR) is 64.4 cm³/mol. The van der Waals surface area contributed by atoms with Crippen molar-refractivity contribution in [1.82, 2.24) is 5.32 Å². The summed E-state index contributed by atoms with van der Waals surface area (Å²) in [4.78, 5) is 11.8. The molecule has 1 amide bonds. The lowest BCUT2D eigenvalue weighted by atomic mass is 10.1. The van der Waals surface area contributed by atoms with Crippen LogP contribution in [0.15, 0.2) is 53.1 Å². The van der Waals surface area contributed by atoms with Gasteiger partial charge in [-0.1, -0.05) is 30.3 Å². The number of nitrogens with two attached hydrogens (primary N) is 1. The number of carbonyl (C=O) groups excluding carboxylic acids is 1. The first-order chi connectivity index (χ1) is 8.31. The zero-order valence-corrected chi connectivity index (χ0v) is 9.30. The molecular formula is C13H14N2O2. The highest BCUT2D eigenvalue weighted by Crippen LogP contribution is 2.12. The van der Waals surface area contributed by atoms with Crippen LogP contribution in [-0.4, -0.2) is 12.5 Å². The number of hydrogen-bond donors (Lipinski definition) is 2. The molecule has 1 atom stereocenters. The summed E-state index contributed by atoms with van der Waals surface area (Å²) in [6.45, 7) is 0.344. The van der Waals surface area contributed by atoms with E-state index in [1.54, 1.807) is 12.1 Å². The summed E-state index contributed by atoms with van der Waals surface area (Å²) in [5, 5.41) is 2.83. The second-order valence-corrected chi connectivity index (χ2v) is 3.65. The van der Waals surface area contributed by atoms with Gasteiger partial charge in [0.15, 0.2) is 5.76 Å². The summed E-state index contributed by atoms with van der Waals surface area (Å²) in [5.74, 6) is 0.0358. The lowest BCUT2D eigenvalue weighted by Gasteiger charge is -2.16. The summed E-state index contributed by atoms with van der Waals surface area (Å²) in [6.07, 6.45) is 1.47. The fraction of sp³-hybridized carbons (Fsp3) is 0.154. The van der Waals surface area contributed by atoms with Gasteiger partial charge < -0.3 is 15.5 Å². The quantitative estimate of drug-likeness (QED) is 0.840. The van der Waals surface area contributed by atoms with Crippen LogP contribution >= 0.6 is 0 Å². The van der Waals surface area contributed by atoms with E-state index in [1.165, 1.54) is 6.26 Å². The molecule has 0 radical (unpaired) electrons. The van der Waals surface area contributed by atoms with Crippen LogP contribution in [-0.2, 0) is 0 Å². The molecule has 0 fully saturated rings. The second kappa shape index (κ2) is 5.32. The molecule has 0 saturated carbocycles. The van der Waals surface area contributed by atoms with Crippen molar-refractivity contribution in [2.75, 3.05) is 6.54 Å². The van der Waals surface area contributed by atoms with Gasteiger partial charge in [0.1, 0.15) is 0 Å². The maximum absolute atomic E-state index is 11.8. The van der Waals surface area contributed by atoms with Crippen molar-refractivity contribution in [3.05, 3.63) is 60.1 Å². The summed E-state index contributed by atoms with van der Waals surface area (Å²) >= 11 is 0. The Morgan fingerprint density at radius 1 is 1.24 bits per heavy atom. The zero-order chi connectivity index (χ0) is 12.1.